The molecule has 3 nitrogen and oxygen atoms in total. The molecule has 0 aliphatic heterocycles. The summed E-state index contributed by atoms with van der Waals surface area (Å²) in [6, 6.07) is 0. The summed E-state index contributed by atoms with van der Waals surface area (Å²) in [5.74, 6) is -0.622. The molecule has 0 radical (unpaired) electrons. The van der Waals surface area contributed by atoms with Crippen LogP contribution in [0.15, 0.2) is 0 Å². The normalized spacial score (nSPS) is 31.2. The third-order valence-corrected chi connectivity index (χ3v) is 2.92. The molecule has 0 saturated heterocycles. The summed E-state index contributed by atoms with van der Waals surface area (Å²) in [5, 5.41) is 8.95. The molecule has 94 valence electrons. The van der Waals surface area contributed by atoms with Gasteiger partial charge in [-0.25, -0.2) is 9.18 Å². The number of alkyl halides is 1. The Morgan fingerprint density at radius 1 is 1.44 bits per heavy atom. The molecule has 0 bridgehead atoms. The van der Waals surface area contributed by atoms with Gasteiger partial charge < -0.3 is 9.84 Å². The molecule has 0 heterocycles. The number of ether oxygens (including phenoxy) is 1. The van der Waals surface area contributed by atoms with E-state index in [1.807, 2.05) is 0 Å². The number of halogens is 1. The van der Waals surface area contributed by atoms with Crippen molar-refractivity contribution >= 4 is 5.97 Å². The Labute approximate surface area is 96.0 Å². The van der Waals surface area contributed by atoms with E-state index in [2.05, 4.69) is 0 Å². The Balaban J connectivity index is 2.56. The lowest BCUT2D eigenvalue weighted by molar-refractivity contribution is -0.172. The average Bonchev–Trinajstić information content (AvgIpc) is 2.16. The summed E-state index contributed by atoms with van der Waals surface area (Å²) in [6.45, 7) is 5.26. The molecule has 0 aromatic carbocycles. The molecule has 0 aromatic heterocycles. The van der Waals surface area contributed by atoms with Crippen LogP contribution in [0.1, 0.15) is 46.5 Å². The monoisotopic (exact) mass is 232 g/mol. The van der Waals surface area contributed by atoms with Crippen molar-refractivity contribution in [2.24, 2.45) is 5.92 Å². The number of hydrogen-bond donors (Lipinski definition) is 1. The summed E-state index contributed by atoms with van der Waals surface area (Å²) < 4.78 is 19.3. The standard InChI is InChI=1S/C12H21FO3/c1-11(2,3)16-10(15)12(13)6-4-9(8-14)5-7-12/h9,14H,4-8H2,1-3H3. The first-order valence-electron chi connectivity index (χ1n) is 5.80. The van der Waals surface area contributed by atoms with Gasteiger partial charge in [-0.1, -0.05) is 0 Å². The van der Waals surface area contributed by atoms with Crippen LogP contribution in [0.25, 0.3) is 0 Å². The molecule has 0 spiro atoms. The van der Waals surface area contributed by atoms with Gasteiger partial charge in [0.25, 0.3) is 0 Å². The van der Waals surface area contributed by atoms with Crippen molar-refractivity contribution in [1.29, 1.82) is 0 Å². The lowest BCUT2D eigenvalue weighted by Gasteiger charge is -2.33. The molecule has 0 amide bonds. The zero-order chi connectivity index (χ0) is 12.4. The highest BCUT2D eigenvalue weighted by Gasteiger charge is 2.44. The summed E-state index contributed by atoms with van der Waals surface area (Å²) in [5.41, 5.74) is -2.50. The van der Waals surface area contributed by atoms with Crippen LogP contribution in [0, 0.1) is 5.92 Å². The van der Waals surface area contributed by atoms with Crippen LogP contribution in [0.5, 0.6) is 0 Å². The first-order chi connectivity index (χ1) is 7.27. The predicted molar refractivity (Wildman–Crippen MR) is 58.7 cm³/mol. The van der Waals surface area contributed by atoms with Crippen LogP contribution in [0.2, 0.25) is 0 Å². The lowest BCUT2D eigenvalue weighted by Crippen LogP contribution is -2.43. The molecular formula is C12H21FO3. The van der Waals surface area contributed by atoms with Gasteiger partial charge in [-0.2, -0.15) is 0 Å². The minimum Gasteiger partial charge on any atom is -0.458 e. The number of carbonyl (C=O) groups excluding carboxylic acids is 1. The Morgan fingerprint density at radius 3 is 2.31 bits per heavy atom. The molecule has 1 aliphatic rings. The Morgan fingerprint density at radius 2 is 1.94 bits per heavy atom. The topological polar surface area (TPSA) is 46.5 Å². The van der Waals surface area contributed by atoms with Crippen LogP contribution in [-0.2, 0) is 9.53 Å². The molecule has 1 saturated carbocycles. The number of aliphatic hydroxyl groups is 1. The Bertz CT molecular complexity index is 249. The first-order valence-corrected chi connectivity index (χ1v) is 5.80. The van der Waals surface area contributed by atoms with Crippen LogP contribution >= 0.6 is 0 Å². The lowest BCUT2D eigenvalue weighted by atomic mass is 9.80. The Kier molecular flexibility index (Phi) is 3.94. The summed E-state index contributed by atoms with van der Waals surface area (Å²) in [4.78, 5) is 11.7. The van der Waals surface area contributed by atoms with Crippen molar-refractivity contribution in [1.82, 2.24) is 0 Å². The third kappa shape index (κ3) is 3.44. The number of aliphatic hydroxyl groups excluding tert-OH is 1. The van der Waals surface area contributed by atoms with Crippen molar-refractivity contribution in [3.05, 3.63) is 0 Å². The van der Waals surface area contributed by atoms with E-state index in [0.29, 0.717) is 12.8 Å². The maximum atomic E-state index is 14.2. The zero-order valence-corrected chi connectivity index (χ0v) is 10.3. The van der Waals surface area contributed by atoms with Crippen molar-refractivity contribution in [2.45, 2.75) is 57.7 Å². The number of rotatable bonds is 2. The number of carbonyl (C=O) groups is 1. The third-order valence-electron chi connectivity index (χ3n) is 2.92. The highest BCUT2D eigenvalue weighted by Crippen LogP contribution is 2.36. The summed E-state index contributed by atoms with van der Waals surface area (Å²) in [7, 11) is 0. The van der Waals surface area contributed by atoms with E-state index in [-0.39, 0.29) is 25.4 Å². The van der Waals surface area contributed by atoms with E-state index < -0.39 is 17.2 Å². The molecule has 4 heteroatoms. The molecule has 0 aromatic rings. The fraction of sp³-hybridized carbons (Fsp3) is 0.917. The molecule has 1 aliphatic carbocycles. The summed E-state index contributed by atoms with van der Waals surface area (Å²) >= 11 is 0. The fourth-order valence-electron chi connectivity index (χ4n) is 1.89. The first kappa shape index (κ1) is 13.4. The maximum Gasteiger partial charge on any atom is 0.344 e. The van der Waals surface area contributed by atoms with Gasteiger partial charge in [-0.3, -0.25) is 0 Å². The van der Waals surface area contributed by atoms with Crippen LogP contribution in [0.3, 0.4) is 0 Å². The molecule has 1 rings (SSSR count). The second kappa shape index (κ2) is 4.70. The largest absolute Gasteiger partial charge is 0.458 e. The van der Waals surface area contributed by atoms with Gasteiger partial charge >= 0.3 is 5.97 Å². The average molecular weight is 232 g/mol. The van der Waals surface area contributed by atoms with Crippen LogP contribution < -0.4 is 0 Å². The van der Waals surface area contributed by atoms with Gasteiger partial charge in [-0.15, -0.1) is 0 Å². The quantitative estimate of drug-likeness (QED) is 0.742. The second-order valence-electron chi connectivity index (χ2n) is 5.59. The van der Waals surface area contributed by atoms with Gasteiger partial charge in [0.05, 0.1) is 0 Å². The molecule has 1 N–H and O–H groups in total. The smallest absolute Gasteiger partial charge is 0.344 e. The number of esters is 1. The van der Waals surface area contributed by atoms with Gasteiger partial charge in [0.1, 0.15) is 5.60 Å². The maximum absolute atomic E-state index is 14.2. The van der Waals surface area contributed by atoms with Crippen molar-refractivity contribution in [2.75, 3.05) is 6.61 Å². The molecular weight excluding hydrogens is 211 g/mol. The predicted octanol–water partition coefficient (Wildman–Crippen LogP) is 2.22. The van der Waals surface area contributed by atoms with Gasteiger partial charge in [0, 0.05) is 6.61 Å². The minimum atomic E-state index is -1.85. The van der Waals surface area contributed by atoms with Gasteiger partial charge in [0.2, 0.25) is 5.67 Å². The van der Waals surface area contributed by atoms with E-state index in [0.717, 1.165) is 0 Å². The van der Waals surface area contributed by atoms with Crippen molar-refractivity contribution < 1.29 is 19.0 Å². The molecule has 0 atom stereocenters. The van der Waals surface area contributed by atoms with E-state index in [1.165, 1.54) is 0 Å². The van der Waals surface area contributed by atoms with E-state index in [4.69, 9.17) is 9.84 Å². The Hall–Kier alpha value is -0.640. The van der Waals surface area contributed by atoms with E-state index in [9.17, 15) is 9.18 Å². The van der Waals surface area contributed by atoms with Crippen molar-refractivity contribution in [3.63, 3.8) is 0 Å². The van der Waals surface area contributed by atoms with Gasteiger partial charge in [0.15, 0.2) is 0 Å². The molecule has 16 heavy (non-hydrogen) atoms. The minimum absolute atomic E-state index is 0.0738. The zero-order valence-electron chi connectivity index (χ0n) is 10.3. The highest BCUT2D eigenvalue weighted by molar-refractivity contribution is 5.79. The van der Waals surface area contributed by atoms with Gasteiger partial charge in [-0.05, 0) is 52.4 Å². The fourth-order valence-corrected chi connectivity index (χ4v) is 1.89. The number of hydrogen-bond acceptors (Lipinski definition) is 3. The van der Waals surface area contributed by atoms with E-state index in [1.54, 1.807) is 20.8 Å². The van der Waals surface area contributed by atoms with Crippen LogP contribution in [-0.4, -0.2) is 29.0 Å². The molecule has 0 unspecified atom stereocenters. The van der Waals surface area contributed by atoms with Crippen LogP contribution in [0.4, 0.5) is 4.39 Å². The van der Waals surface area contributed by atoms with Crippen molar-refractivity contribution in [3.8, 4) is 0 Å². The second-order valence-corrected chi connectivity index (χ2v) is 5.59. The SMILES string of the molecule is CC(C)(C)OC(=O)C1(F)CCC(CO)CC1. The highest BCUT2D eigenvalue weighted by atomic mass is 19.1. The van der Waals surface area contributed by atoms with E-state index >= 15 is 0 Å². The molecule has 1 fully saturated rings. The summed E-state index contributed by atoms with van der Waals surface area (Å²) in [6.07, 6.45) is 1.42.